The molecule has 1 aromatic carbocycles. The molecule has 0 saturated heterocycles. The molecule has 5 heteroatoms. The van der Waals surface area contributed by atoms with E-state index in [9.17, 15) is 9.59 Å². The number of carboxylic acids is 1. The number of benzene rings is 1. The largest absolute Gasteiger partial charge is 0.478 e. The van der Waals surface area contributed by atoms with Crippen LogP contribution < -0.4 is 0 Å². The number of rotatable bonds is 8. The van der Waals surface area contributed by atoms with E-state index < -0.39 is 5.97 Å². The molecule has 0 fully saturated rings. The van der Waals surface area contributed by atoms with Gasteiger partial charge >= 0.3 is 11.9 Å². The van der Waals surface area contributed by atoms with Crippen LogP contribution in [0, 0.1) is 0 Å². The van der Waals surface area contributed by atoms with Crippen LogP contribution in [0.15, 0.2) is 29.2 Å². The Bertz CT molecular complexity index is 414. The van der Waals surface area contributed by atoms with Crippen molar-refractivity contribution in [2.45, 2.75) is 31.1 Å². The highest BCUT2D eigenvalue weighted by Crippen LogP contribution is 2.18. The SMILES string of the molecule is CCCCCOC(=O)CSc1ccc(C(=O)O)cc1. The third-order valence-corrected chi connectivity index (χ3v) is 3.45. The van der Waals surface area contributed by atoms with E-state index in [-0.39, 0.29) is 17.3 Å². The minimum atomic E-state index is -0.952. The van der Waals surface area contributed by atoms with Crippen LogP contribution in [0.5, 0.6) is 0 Å². The number of unbranched alkanes of at least 4 members (excludes halogenated alkanes) is 2. The standard InChI is InChI=1S/C14H18O4S/c1-2-3-4-9-18-13(15)10-19-12-7-5-11(6-8-12)14(16)17/h5-8H,2-4,9-10H2,1H3,(H,16,17). The second kappa shape index (κ2) is 8.58. The van der Waals surface area contributed by atoms with Gasteiger partial charge in [0.05, 0.1) is 17.9 Å². The minimum Gasteiger partial charge on any atom is -0.478 e. The summed E-state index contributed by atoms with van der Waals surface area (Å²) in [6, 6.07) is 6.44. The molecule has 0 spiro atoms. The number of hydrogen-bond donors (Lipinski definition) is 1. The van der Waals surface area contributed by atoms with E-state index in [1.807, 2.05) is 0 Å². The first kappa shape index (κ1) is 15.6. The topological polar surface area (TPSA) is 63.6 Å². The monoisotopic (exact) mass is 282 g/mol. The number of esters is 1. The fraction of sp³-hybridized carbons (Fsp3) is 0.429. The van der Waals surface area contributed by atoms with Gasteiger partial charge in [-0.25, -0.2) is 4.79 Å². The van der Waals surface area contributed by atoms with Gasteiger partial charge in [0, 0.05) is 4.90 Å². The van der Waals surface area contributed by atoms with Gasteiger partial charge in [0.1, 0.15) is 0 Å². The summed E-state index contributed by atoms with van der Waals surface area (Å²) in [5, 5.41) is 8.75. The van der Waals surface area contributed by atoms with Crippen LogP contribution in [0.4, 0.5) is 0 Å². The fourth-order valence-corrected chi connectivity index (χ4v) is 2.11. The van der Waals surface area contributed by atoms with Crippen molar-refractivity contribution in [3.63, 3.8) is 0 Å². The molecule has 4 nitrogen and oxygen atoms in total. The van der Waals surface area contributed by atoms with Crippen molar-refractivity contribution < 1.29 is 19.4 Å². The van der Waals surface area contributed by atoms with Crippen molar-refractivity contribution in [1.82, 2.24) is 0 Å². The van der Waals surface area contributed by atoms with E-state index in [4.69, 9.17) is 9.84 Å². The Hall–Kier alpha value is -1.49. The predicted octanol–water partition coefficient (Wildman–Crippen LogP) is 3.21. The van der Waals surface area contributed by atoms with E-state index in [1.165, 1.54) is 23.9 Å². The summed E-state index contributed by atoms with van der Waals surface area (Å²) >= 11 is 1.35. The molecule has 0 aliphatic carbocycles. The van der Waals surface area contributed by atoms with Crippen molar-refractivity contribution in [2.75, 3.05) is 12.4 Å². The molecular formula is C14H18O4S. The van der Waals surface area contributed by atoms with Gasteiger partial charge in [0.25, 0.3) is 0 Å². The third kappa shape index (κ3) is 6.29. The highest BCUT2D eigenvalue weighted by atomic mass is 32.2. The molecule has 0 aliphatic heterocycles. The van der Waals surface area contributed by atoms with Gasteiger partial charge in [-0.3, -0.25) is 4.79 Å². The molecule has 0 heterocycles. The highest BCUT2D eigenvalue weighted by Gasteiger charge is 2.05. The molecule has 0 aliphatic rings. The van der Waals surface area contributed by atoms with Crippen molar-refractivity contribution in [2.24, 2.45) is 0 Å². The van der Waals surface area contributed by atoms with Crippen LogP contribution in [0.3, 0.4) is 0 Å². The number of carboxylic acid groups (broad SMARTS) is 1. The lowest BCUT2D eigenvalue weighted by Gasteiger charge is -2.04. The average molecular weight is 282 g/mol. The van der Waals surface area contributed by atoms with Gasteiger partial charge in [-0.2, -0.15) is 0 Å². The van der Waals surface area contributed by atoms with Crippen LogP contribution in [0.1, 0.15) is 36.5 Å². The van der Waals surface area contributed by atoms with Crippen molar-refractivity contribution in [1.29, 1.82) is 0 Å². The number of ether oxygens (including phenoxy) is 1. The Morgan fingerprint density at radius 3 is 2.47 bits per heavy atom. The molecule has 1 aromatic rings. The highest BCUT2D eigenvalue weighted by molar-refractivity contribution is 8.00. The Labute approximate surface area is 117 Å². The Balaban J connectivity index is 2.28. The third-order valence-electron chi connectivity index (χ3n) is 2.47. The van der Waals surface area contributed by atoms with Crippen LogP contribution in [0.25, 0.3) is 0 Å². The maximum Gasteiger partial charge on any atom is 0.335 e. The van der Waals surface area contributed by atoms with Crippen LogP contribution in [-0.4, -0.2) is 29.4 Å². The maximum atomic E-state index is 11.4. The molecule has 0 unspecified atom stereocenters. The zero-order chi connectivity index (χ0) is 14.1. The Morgan fingerprint density at radius 1 is 1.21 bits per heavy atom. The first-order chi connectivity index (χ1) is 9.13. The quantitative estimate of drug-likeness (QED) is 0.450. The summed E-state index contributed by atoms with van der Waals surface area (Å²) in [6.45, 7) is 2.57. The zero-order valence-corrected chi connectivity index (χ0v) is 11.7. The molecule has 0 amide bonds. The normalized spacial score (nSPS) is 10.2. The smallest absolute Gasteiger partial charge is 0.335 e. The maximum absolute atomic E-state index is 11.4. The van der Waals surface area contributed by atoms with Crippen molar-refractivity contribution in [3.05, 3.63) is 29.8 Å². The summed E-state index contributed by atoms with van der Waals surface area (Å²) in [7, 11) is 0. The molecule has 0 atom stereocenters. The first-order valence-electron chi connectivity index (χ1n) is 6.25. The molecule has 0 saturated carbocycles. The summed E-state index contributed by atoms with van der Waals surface area (Å²) < 4.78 is 5.07. The van der Waals surface area contributed by atoms with E-state index in [2.05, 4.69) is 6.92 Å². The van der Waals surface area contributed by atoms with E-state index in [0.717, 1.165) is 24.2 Å². The average Bonchev–Trinajstić information content (AvgIpc) is 2.42. The molecule has 0 bridgehead atoms. The molecular weight excluding hydrogens is 264 g/mol. The number of carbonyl (C=O) groups excluding carboxylic acids is 1. The summed E-state index contributed by atoms with van der Waals surface area (Å²) in [5.41, 5.74) is 0.242. The Kier molecular flexibility index (Phi) is 7.03. The first-order valence-corrected chi connectivity index (χ1v) is 7.24. The fourth-order valence-electron chi connectivity index (χ4n) is 1.42. The minimum absolute atomic E-state index is 0.233. The van der Waals surface area contributed by atoms with E-state index in [0.29, 0.717) is 6.61 Å². The molecule has 0 aromatic heterocycles. The lowest BCUT2D eigenvalue weighted by Crippen LogP contribution is -2.08. The number of carbonyl (C=O) groups is 2. The second-order valence-electron chi connectivity index (χ2n) is 4.05. The van der Waals surface area contributed by atoms with Gasteiger partial charge in [0.2, 0.25) is 0 Å². The van der Waals surface area contributed by atoms with E-state index in [1.54, 1.807) is 12.1 Å². The van der Waals surface area contributed by atoms with Gasteiger partial charge in [-0.1, -0.05) is 19.8 Å². The van der Waals surface area contributed by atoms with Gasteiger partial charge < -0.3 is 9.84 Å². The van der Waals surface area contributed by atoms with Gasteiger partial charge in [-0.05, 0) is 30.7 Å². The lowest BCUT2D eigenvalue weighted by molar-refractivity contribution is -0.140. The predicted molar refractivity (Wildman–Crippen MR) is 74.6 cm³/mol. The summed E-state index contributed by atoms with van der Waals surface area (Å²) in [6.07, 6.45) is 3.07. The number of hydrogen-bond acceptors (Lipinski definition) is 4. The van der Waals surface area contributed by atoms with Gasteiger partial charge in [-0.15, -0.1) is 11.8 Å². The summed E-state index contributed by atoms with van der Waals surface area (Å²) in [4.78, 5) is 22.9. The van der Waals surface area contributed by atoms with Crippen LogP contribution in [0.2, 0.25) is 0 Å². The summed E-state index contributed by atoms with van der Waals surface area (Å²) in [5.74, 6) is -0.936. The van der Waals surface area contributed by atoms with Crippen molar-refractivity contribution >= 4 is 23.7 Å². The van der Waals surface area contributed by atoms with Crippen molar-refractivity contribution in [3.8, 4) is 0 Å². The van der Waals surface area contributed by atoms with Crippen LogP contribution in [-0.2, 0) is 9.53 Å². The number of aromatic carboxylic acids is 1. The zero-order valence-electron chi connectivity index (χ0n) is 10.9. The molecule has 0 radical (unpaired) electrons. The van der Waals surface area contributed by atoms with E-state index >= 15 is 0 Å². The van der Waals surface area contributed by atoms with Crippen LogP contribution >= 0.6 is 11.8 Å². The molecule has 1 rings (SSSR count). The van der Waals surface area contributed by atoms with Gasteiger partial charge in [0.15, 0.2) is 0 Å². The lowest BCUT2D eigenvalue weighted by atomic mass is 10.2. The molecule has 104 valence electrons. The number of thioether (sulfide) groups is 1. The molecule has 19 heavy (non-hydrogen) atoms. The Morgan fingerprint density at radius 2 is 1.89 bits per heavy atom. The second-order valence-corrected chi connectivity index (χ2v) is 5.09. The molecule has 1 N–H and O–H groups in total.